The smallest absolute Gasteiger partial charge is 0.161 e. The van der Waals surface area contributed by atoms with E-state index in [0.29, 0.717) is 13.2 Å². The molecule has 1 aliphatic heterocycles. The van der Waals surface area contributed by atoms with Crippen LogP contribution in [-0.4, -0.2) is 19.8 Å². The third-order valence-electron chi connectivity index (χ3n) is 4.59. The Morgan fingerprint density at radius 2 is 1.80 bits per heavy atom. The first-order valence-corrected chi connectivity index (χ1v) is 9.76. The minimum absolute atomic E-state index is 0.219. The van der Waals surface area contributed by atoms with Crippen molar-refractivity contribution in [2.45, 2.75) is 26.3 Å². The largest absolute Gasteiger partial charge is 0.490 e. The molecule has 2 heterocycles. The summed E-state index contributed by atoms with van der Waals surface area (Å²) in [7, 11) is 0. The van der Waals surface area contributed by atoms with Gasteiger partial charge in [0, 0.05) is 16.1 Å². The molecule has 1 aliphatic rings. The summed E-state index contributed by atoms with van der Waals surface area (Å²) in [5, 5.41) is 5.00. The Morgan fingerprint density at radius 3 is 2.56 bits per heavy atom. The van der Waals surface area contributed by atoms with Gasteiger partial charge in [0.25, 0.3) is 0 Å². The lowest BCUT2D eigenvalue weighted by molar-refractivity contribution is 0.286. The van der Waals surface area contributed by atoms with E-state index in [1.165, 1.54) is 26.1 Å². The second-order valence-electron chi connectivity index (χ2n) is 6.19. The summed E-state index contributed by atoms with van der Waals surface area (Å²) >= 11 is 1.87. The van der Waals surface area contributed by atoms with Gasteiger partial charge < -0.3 is 14.8 Å². The molecule has 1 aromatic heterocycles. The predicted octanol–water partition coefficient (Wildman–Crippen LogP) is 4.93. The molecule has 1 atom stereocenters. The molecular weight excluding hydrogens is 330 g/mol. The average molecular weight is 353 g/mol. The van der Waals surface area contributed by atoms with Crippen LogP contribution in [0.2, 0.25) is 0 Å². The molecular formula is C21H23NO2S. The van der Waals surface area contributed by atoms with Crippen LogP contribution in [-0.2, 0) is 6.42 Å². The van der Waals surface area contributed by atoms with Crippen molar-refractivity contribution in [3.8, 4) is 11.5 Å². The second-order valence-corrected chi connectivity index (χ2v) is 7.30. The lowest BCUT2D eigenvalue weighted by Crippen LogP contribution is -2.30. The molecule has 0 bridgehead atoms. The molecule has 0 saturated heterocycles. The SMILES string of the molecule is CCOc1cc2c(cc1OCC)C(c1cc3ccccc3s1)NCC2. The van der Waals surface area contributed by atoms with Crippen molar-refractivity contribution in [2.24, 2.45) is 0 Å². The Kier molecular flexibility index (Phi) is 4.64. The van der Waals surface area contributed by atoms with Gasteiger partial charge in [0.2, 0.25) is 0 Å². The molecule has 0 fully saturated rings. The molecule has 1 unspecified atom stereocenters. The molecule has 130 valence electrons. The van der Waals surface area contributed by atoms with Crippen LogP contribution in [0.1, 0.15) is 35.9 Å². The highest BCUT2D eigenvalue weighted by atomic mass is 32.1. The number of fused-ring (bicyclic) bond motifs is 2. The third kappa shape index (κ3) is 3.12. The van der Waals surface area contributed by atoms with Crippen LogP contribution in [0.4, 0.5) is 0 Å². The van der Waals surface area contributed by atoms with E-state index in [0.717, 1.165) is 24.5 Å². The standard InChI is InChI=1S/C21H23NO2S/c1-3-23-17-11-14-9-10-22-21(16(14)13-18(17)24-4-2)20-12-15-7-5-6-8-19(15)25-20/h5-8,11-13,21-22H,3-4,9-10H2,1-2H3. The minimum Gasteiger partial charge on any atom is -0.490 e. The van der Waals surface area contributed by atoms with Gasteiger partial charge in [-0.1, -0.05) is 18.2 Å². The van der Waals surface area contributed by atoms with E-state index >= 15 is 0 Å². The van der Waals surface area contributed by atoms with E-state index in [1.54, 1.807) is 0 Å². The Balaban J connectivity index is 1.78. The number of ether oxygens (including phenoxy) is 2. The highest BCUT2D eigenvalue weighted by Gasteiger charge is 2.25. The number of rotatable bonds is 5. The maximum absolute atomic E-state index is 5.85. The molecule has 3 nitrogen and oxygen atoms in total. The fraction of sp³-hybridized carbons (Fsp3) is 0.333. The Hall–Kier alpha value is -2.04. The van der Waals surface area contributed by atoms with Crippen molar-refractivity contribution >= 4 is 21.4 Å². The van der Waals surface area contributed by atoms with Gasteiger partial charge in [-0.15, -0.1) is 11.3 Å². The summed E-state index contributed by atoms with van der Waals surface area (Å²) in [5.41, 5.74) is 2.66. The van der Waals surface area contributed by atoms with Crippen LogP contribution in [0.25, 0.3) is 10.1 Å². The average Bonchev–Trinajstić information content (AvgIpc) is 3.06. The number of hydrogen-bond donors (Lipinski definition) is 1. The molecule has 0 radical (unpaired) electrons. The van der Waals surface area contributed by atoms with Crippen LogP contribution in [0.3, 0.4) is 0 Å². The first-order chi connectivity index (χ1) is 12.3. The van der Waals surface area contributed by atoms with Gasteiger partial charge in [-0.25, -0.2) is 0 Å². The van der Waals surface area contributed by atoms with Crippen LogP contribution < -0.4 is 14.8 Å². The van der Waals surface area contributed by atoms with E-state index in [4.69, 9.17) is 9.47 Å². The zero-order chi connectivity index (χ0) is 17.2. The molecule has 0 amide bonds. The topological polar surface area (TPSA) is 30.5 Å². The zero-order valence-electron chi connectivity index (χ0n) is 14.7. The van der Waals surface area contributed by atoms with Crippen molar-refractivity contribution in [3.05, 3.63) is 58.5 Å². The van der Waals surface area contributed by atoms with Crippen molar-refractivity contribution in [2.75, 3.05) is 19.8 Å². The lowest BCUT2D eigenvalue weighted by Gasteiger charge is -2.27. The highest BCUT2D eigenvalue weighted by molar-refractivity contribution is 7.19. The Morgan fingerprint density at radius 1 is 1.04 bits per heavy atom. The number of nitrogens with one attached hydrogen (secondary N) is 1. The van der Waals surface area contributed by atoms with E-state index in [-0.39, 0.29) is 6.04 Å². The summed E-state index contributed by atoms with van der Waals surface area (Å²) < 4.78 is 13.0. The fourth-order valence-corrected chi connectivity index (χ4v) is 4.66. The molecule has 3 aromatic rings. The summed E-state index contributed by atoms with van der Waals surface area (Å²) in [6, 6.07) is 15.4. The molecule has 0 spiro atoms. The molecule has 0 aliphatic carbocycles. The monoisotopic (exact) mass is 353 g/mol. The number of hydrogen-bond acceptors (Lipinski definition) is 4. The maximum atomic E-state index is 5.85. The summed E-state index contributed by atoms with van der Waals surface area (Å²) in [6.45, 7) is 6.29. The van der Waals surface area contributed by atoms with Gasteiger partial charge in [0.1, 0.15) is 0 Å². The highest BCUT2D eigenvalue weighted by Crippen LogP contribution is 2.40. The van der Waals surface area contributed by atoms with Crippen molar-refractivity contribution in [3.63, 3.8) is 0 Å². The fourth-order valence-electron chi connectivity index (χ4n) is 3.50. The normalized spacial score (nSPS) is 16.6. The zero-order valence-corrected chi connectivity index (χ0v) is 15.5. The first-order valence-electron chi connectivity index (χ1n) is 8.94. The van der Waals surface area contributed by atoms with Crippen LogP contribution in [0, 0.1) is 0 Å². The van der Waals surface area contributed by atoms with E-state index < -0.39 is 0 Å². The van der Waals surface area contributed by atoms with Crippen molar-refractivity contribution in [1.82, 2.24) is 5.32 Å². The van der Waals surface area contributed by atoms with Gasteiger partial charge in [0.05, 0.1) is 19.3 Å². The molecule has 0 saturated carbocycles. The summed E-state index contributed by atoms with van der Waals surface area (Å²) in [4.78, 5) is 1.36. The predicted molar refractivity (Wildman–Crippen MR) is 104 cm³/mol. The number of thiophene rings is 1. The lowest BCUT2D eigenvalue weighted by atomic mass is 9.92. The summed E-state index contributed by atoms with van der Waals surface area (Å²) in [5.74, 6) is 1.71. The minimum atomic E-state index is 0.219. The molecule has 4 heteroatoms. The Bertz CT molecular complexity index is 854. The third-order valence-corrected chi connectivity index (χ3v) is 5.77. The van der Waals surface area contributed by atoms with Crippen molar-refractivity contribution in [1.29, 1.82) is 0 Å². The van der Waals surface area contributed by atoms with Gasteiger partial charge in [-0.3, -0.25) is 0 Å². The van der Waals surface area contributed by atoms with Crippen LogP contribution >= 0.6 is 11.3 Å². The van der Waals surface area contributed by atoms with Gasteiger partial charge >= 0.3 is 0 Å². The van der Waals surface area contributed by atoms with E-state index in [2.05, 4.69) is 47.8 Å². The number of benzene rings is 2. The van der Waals surface area contributed by atoms with E-state index in [9.17, 15) is 0 Å². The maximum Gasteiger partial charge on any atom is 0.161 e. The van der Waals surface area contributed by atoms with Gasteiger partial charge in [-0.2, -0.15) is 0 Å². The van der Waals surface area contributed by atoms with Gasteiger partial charge in [0.15, 0.2) is 11.5 Å². The molecule has 1 N–H and O–H groups in total. The molecule has 2 aromatic carbocycles. The van der Waals surface area contributed by atoms with E-state index in [1.807, 2.05) is 25.2 Å². The van der Waals surface area contributed by atoms with Crippen LogP contribution in [0.15, 0.2) is 42.5 Å². The Labute approximate surface area is 152 Å². The summed E-state index contributed by atoms with van der Waals surface area (Å²) in [6.07, 6.45) is 1.02. The second kappa shape index (κ2) is 7.06. The quantitative estimate of drug-likeness (QED) is 0.705. The van der Waals surface area contributed by atoms with Gasteiger partial charge in [-0.05, 0) is 61.0 Å². The molecule has 4 rings (SSSR count). The molecule has 25 heavy (non-hydrogen) atoms. The first kappa shape index (κ1) is 16.4. The van der Waals surface area contributed by atoms with Crippen molar-refractivity contribution < 1.29 is 9.47 Å². The van der Waals surface area contributed by atoms with Crippen LogP contribution in [0.5, 0.6) is 11.5 Å².